The van der Waals surface area contributed by atoms with Gasteiger partial charge in [-0.2, -0.15) is 10.2 Å². The van der Waals surface area contributed by atoms with E-state index in [0.29, 0.717) is 11.8 Å². The smallest absolute Gasteiger partial charge is 0.290 e. The maximum atomic E-state index is 10.5. The summed E-state index contributed by atoms with van der Waals surface area (Å²) in [5, 5.41) is 26.1. The Morgan fingerprint density at radius 3 is 2.56 bits per heavy atom. The van der Waals surface area contributed by atoms with Crippen molar-refractivity contribution in [3.8, 4) is 0 Å². The van der Waals surface area contributed by atoms with Crippen molar-refractivity contribution < 1.29 is 15.0 Å². The van der Waals surface area contributed by atoms with Crippen molar-refractivity contribution in [1.29, 1.82) is 0 Å². The van der Waals surface area contributed by atoms with Crippen LogP contribution in [0.4, 0.5) is 0 Å². The first-order valence-corrected chi connectivity index (χ1v) is 9.41. The van der Waals surface area contributed by atoms with Crippen LogP contribution in [-0.2, 0) is 17.9 Å². The second-order valence-corrected chi connectivity index (χ2v) is 7.37. The van der Waals surface area contributed by atoms with Crippen molar-refractivity contribution >= 4 is 6.47 Å². The maximum Gasteiger partial charge on any atom is 0.290 e. The van der Waals surface area contributed by atoms with Crippen LogP contribution in [0.1, 0.15) is 37.1 Å². The van der Waals surface area contributed by atoms with Crippen molar-refractivity contribution in [3.05, 3.63) is 30.1 Å². The van der Waals surface area contributed by atoms with Crippen LogP contribution in [0.3, 0.4) is 0 Å². The molecule has 3 heterocycles. The number of hydrogen-bond donors (Lipinski definition) is 2. The average molecular weight is 376 g/mol. The molecule has 0 amide bonds. The molecule has 0 spiro atoms. The number of aliphatic hydroxyl groups is 1. The molecule has 1 aliphatic heterocycles. The third-order valence-corrected chi connectivity index (χ3v) is 5.86. The lowest BCUT2D eigenvalue weighted by molar-refractivity contribution is -0.122. The van der Waals surface area contributed by atoms with E-state index in [2.05, 4.69) is 38.6 Å². The summed E-state index contributed by atoms with van der Waals surface area (Å²) in [6.07, 6.45) is 6.81. The van der Waals surface area contributed by atoms with E-state index in [0.717, 1.165) is 39.0 Å². The highest BCUT2D eigenvalue weighted by Gasteiger charge is 2.42. The SMILES string of the molecule is CCn1ncc(CN2C[C@H]3C[C@@H](n4cncn4)[C@H](O)C[C@H]3C2)c1C.O=CO. The minimum Gasteiger partial charge on any atom is -0.483 e. The zero-order valence-corrected chi connectivity index (χ0v) is 15.8. The zero-order chi connectivity index (χ0) is 19.4. The van der Waals surface area contributed by atoms with Gasteiger partial charge >= 0.3 is 0 Å². The van der Waals surface area contributed by atoms with E-state index in [1.807, 2.05) is 10.9 Å². The zero-order valence-electron chi connectivity index (χ0n) is 15.8. The first kappa shape index (κ1) is 19.5. The molecule has 2 N–H and O–H groups in total. The largest absolute Gasteiger partial charge is 0.483 e. The van der Waals surface area contributed by atoms with Gasteiger partial charge in [-0.25, -0.2) is 9.67 Å². The molecule has 9 heteroatoms. The Bertz CT molecular complexity index is 732. The second kappa shape index (κ2) is 8.62. The Hall–Kier alpha value is -2.26. The van der Waals surface area contributed by atoms with E-state index in [9.17, 15) is 5.11 Å². The number of likely N-dealkylation sites (tertiary alicyclic amines) is 1. The molecule has 0 unspecified atom stereocenters. The van der Waals surface area contributed by atoms with Crippen molar-refractivity contribution in [2.75, 3.05) is 13.1 Å². The minimum absolute atomic E-state index is 0.0678. The van der Waals surface area contributed by atoms with Crippen molar-refractivity contribution in [2.45, 2.75) is 51.9 Å². The van der Waals surface area contributed by atoms with Gasteiger partial charge in [-0.05, 0) is 38.5 Å². The van der Waals surface area contributed by atoms with Crippen molar-refractivity contribution in [2.24, 2.45) is 11.8 Å². The van der Waals surface area contributed by atoms with Gasteiger partial charge in [0.05, 0.1) is 18.3 Å². The molecule has 4 rings (SSSR count). The molecule has 27 heavy (non-hydrogen) atoms. The Morgan fingerprint density at radius 1 is 1.26 bits per heavy atom. The Kier molecular flexibility index (Phi) is 6.22. The number of carbonyl (C=O) groups is 1. The minimum atomic E-state index is -0.322. The number of rotatable bonds is 4. The number of aromatic nitrogens is 5. The van der Waals surface area contributed by atoms with Gasteiger partial charge in [-0.15, -0.1) is 0 Å². The first-order chi connectivity index (χ1) is 13.1. The monoisotopic (exact) mass is 376 g/mol. The third-order valence-electron chi connectivity index (χ3n) is 5.86. The summed E-state index contributed by atoms with van der Waals surface area (Å²) in [5.74, 6) is 1.21. The van der Waals surface area contributed by atoms with Gasteiger partial charge < -0.3 is 10.2 Å². The quantitative estimate of drug-likeness (QED) is 0.765. The summed E-state index contributed by atoms with van der Waals surface area (Å²) in [5.41, 5.74) is 2.59. The molecule has 9 nitrogen and oxygen atoms in total. The van der Waals surface area contributed by atoms with E-state index in [1.54, 1.807) is 12.7 Å². The Morgan fingerprint density at radius 2 is 1.96 bits per heavy atom. The number of carboxylic acid groups (broad SMARTS) is 1. The molecule has 0 bridgehead atoms. The van der Waals surface area contributed by atoms with E-state index in [1.165, 1.54) is 11.3 Å². The number of hydrogen-bond acceptors (Lipinski definition) is 6. The Labute approximate surface area is 158 Å². The number of nitrogens with zero attached hydrogens (tertiary/aromatic N) is 6. The van der Waals surface area contributed by atoms with E-state index in [4.69, 9.17) is 9.90 Å². The molecule has 2 aromatic heterocycles. The Balaban J connectivity index is 0.000000659. The molecule has 2 aromatic rings. The summed E-state index contributed by atoms with van der Waals surface area (Å²) in [7, 11) is 0. The first-order valence-electron chi connectivity index (χ1n) is 9.41. The standard InChI is InChI=1S/C17H26N6O.CH2O2/c1-3-22-12(2)15(6-19-22)9-21-7-13-4-16(23-11-18-10-20-23)17(24)5-14(13)8-21;2-1-3/h6,10-11,13-14,16-17,24H,3-5,7-9H2,1-2H3;1H,(H,2,3)/t13-,14+,16-,17-;/m1./s1. The van der Waals surface area contributed by atoms with Gasteiger partial charge in [-0.3, -0.25) is 14.4 Å². The van der Waals surface area contributed by atoms with Gasteiger partial charge in [0, 0.05) is 37.4 Å². The summed E-state index contributed by atoms with van der Waals surface area (Å²) in [6.45, 7) is 8.08. The number of aryl methyl sites for hydroxylation is 1. The van der Waals surface area contributed by atoms with Gasteiger partial charge in [0.25, 0.3) is 6.47 Å². The van der Waals surface area contributed by atoms with Crippen molar-refractivity contribution in [3.63, 3.8) is 0 Å². The lowest BCUT2D eigenvalue weighted by Crippen LogP contribution is -2.36. The summed E-state index contributed by atoms with van der Waals surface area (Å²) >= 11 is 0. The van der Waals surface area contributed by atoms with Crippen LogP contribution in [0.25, 0.3) is 0 Å². The highest BCUT2D eigenvalue weighted by atomic mass is 16.3. The maximum absolute atomic E-state index is 10.5. The fourth-order valence-electron chi connectivity index (χ4n) is 4.51. The van der Waals surface area contributed by atoms with Gasteiger partial charge in [-0.1, -0.05) is 0 Å². The van der Waals surface area contributed by atoms with Crippen LogP contribution >= 0.6 is 0 Å². The lowest BCUT2D eigenvalue weighted by atomic mass is 9.77. The summed E-state index contributed by atoms with van der Waals surface area (Å²) in [4.78, 5) is 14.9. The van der Waals surface area contributed by atoms with E-state index in [-0.39, 0.29) is 18.6 Å². The van der Waals surface area contributed by atoms with Crippen LogP contribution < -0.4 is 0 Å². The van der Waals surface area contributed by atoms with Crippen LogP contribution in [0.15, 0.2) is 18.9 Å². The molecule has 2 aliphatic rings. The molecule has 1 aliphatic carbocycles. The topological polar surface area (TPSA) is 109 Å². The fourth-order valence-corrected chi connectivity index (χ4v) is 4.51. The van der Waals surface area contributed by atoms with Crippen molar-refractivity contribution in [1.82, 2.24) is 29.4 Å². The van der Waals surface area contributed by atoms with Gasteiger partial charge in [0.15, 0.2) is 0 Å². The number of fused-ring (bicyclic) bond motifs is 1. The van der Waals surface area contributed by atoms with E-state index < -0.39 is 0 Å². The van der Waals surface area contributed by atoms with Crippen LogP contribution in [0, 0.1) is 18.8 Å². The van der Waals surface area contributed by atoms with Crippen LogP contribution in [0.2, 0.25) is 0 Å². The van der Waals surface area contributed by atoms with E-state index >= 15 is 0 Å². The molecule has 0 aromatic carbocycles. The molecule has 4 atom stereocenters. The van der Waals surface area contributed by atoms with Crippen LogP contribution in [-0.4, -0.2) is 65.3 Å². The highest BCUT2D eigenvalue weighted by molar-refractivity contribution is 5.32. The fraction of sp³-hybridized carbons (Fsp3) is 0.667. The number of aliphatic hydroxyl groups excluding tert-OH is 1. The second-order valence-electron chi connectivity index (χ2n) is 7.37. The molecular weight excluding hydrogens is 348 g/mol. The normalized spacial score (nSPS) is 27.7. The predicted molar refractivity (Wildman–Crippen MR) is 97.9 cm³/mol. The van der Waals surface area contributed by atoms with Gasteiger partial charge in [0.1, 0.15) is 12.7 Å². The third kappa shape index (κ3) is 4.19. The summed E-state index contributed by atoms with van der Waals surface area (Å²) < 4.78 is 3.89. The molecule has 2 fully saturated rings. The highest BCUT2D eigenvalue weighted by Crippen LogP contribution is 2.41. The van der Waals surface area contributed by atoms with Crippen LogP contribution in [0.5, 0.6) is 0 Å². The summed E-state index contributed by atoms with van der Waals surface area (Å²) in [6, 6.07) is 0.0678. The average Bonchev–Trinajstić information content (AvgIpc) is 3.36. The molecule has 1 saturated heterocycles. The molecule has 0 radical (unpaired) electrons. The van der Waals surface area contributed by atoms with Gasteiger partial charge in [0.2, 0.25) is 0 Å². The predicted octanol–water partition coefficient (Wildman–Crippen LogP) is 0.948. The molecular formula is C18H28N6O3. The molecule has 148 valence electrons. The lowest BCUT2D eigenvalue weighted by Gasteiger charge is -2.35. The molecule has 1 saturated carbocycles.